The maximum absolute atomic E-state index is 5.86. The molecular formula is C12H21N3. The molecule has 0 atom stereocenters. The zero-order valence-corrected chi connectivity index (χ0v) is 9.88. The van der Waals surface area contributed by atoms with Gasteiger partial charge in [0.2, 0.25) is 0 Å². The summed E-state index contributed by atoms with van der Waals surface area (Å²) in [6, 6.07) is 6.06. The first-order chi connectivity index (χ1) is 7.09. The molecule has 15 heavy (non-hydrogen) atoms. The Labute approximate surface area is 92.3 Å². The molecule has 0 bridgehead atoms. The quantitative estimate of drug-likeness (QED) is 0.572. The highest BCUT2D eigenvalue weighted by Crippen LogP contribution is 2.19. The molecule has 0 unspecified atom stereocenters. The van der Waals surface area contributed by atoms with Gasteiger partial charge in [0.05, 0.1) is 11.4 Å². The number of rotatable bonds is 5. The molecule has 84 valence electrons. The van der Waals surface area contributed by atoms with E-state index in [0.29, 0.717) is 0 Å². The second-order valence-corrected chi connectivity index (χ2v) is 4.17. The lowest BCUT2D eigenvalue weighted by molar-refractivity contribution is 0.405. The van der Waals surface area contributed by atoms with Gasteiger partial charge in [-0.2, -0.15) is 0 Å². The van der Waals surface area contributed by atoms with Crippen LogP contribution in [0, 0.1) is 6.92 Å². The van der Waals surface area contributed by atoms with Crippen LogP contribution in [0.5, 0.6) is 0 Å². The number of aryl methyl sites for hydroxylation is 1. The van der Waals surface area contributed by atoms with Crippen LogP contribution < -0.4 is 11.1 Å². The van der Waals surface area contributed by atoms with E-state index in [0.717, 1.165) is 30.9 Å². The van der Waals surface area contributed by atoms with Crippen molar-refractivity contribution in [3.63, 3.8) is 0 Å². The fourth-order valence-electron chi connectivity index (χ4n) is 1.44. The fraction of sp³-hybridized carbons (Fsp3) is 0.500. The van der Waals surface area contributed by atoms with Crippen molar-refractivity contribution in [1.82, 2.24) is 4.90 Å². The molecule has 0 aliphatic heterocycles. The van der Waals surface area contributed by atoms with Gasteiger partial charge in [0.25, 0.3) is 0 Å². The van der Waals surface area contributed by atoms with Gasteiger partial charge in [-0.25, -0.2) is 0 Å². The molecule has 0 aliphatic rings. The third-order valence-corrected chi connectivity index (χ3v) is 2.31. The number of hydrogen-bond donors (Lipinski definition) is 2. The standard InChI is InChI=1S/C12H21N3/c1-10-5-6-11(13)12(9-10)14-7-4-8-15(2)3/h5-6,9,14H,4,7-8,13H2,1-3H3. The summed E-state index contributed by atoms with van der Waals surface area (Å²) in [5, 5.41) is 3.36. The monoisotopic (exact) mass is 207 g/mol. The predicted molar refractivity (Wildman–Crippen MR) is 67.3 cm³/mol. The predicted octanol–water partition coefficient (Wildman–Crippen LogP) is 1.94. The van der Waals surface area contributed by atoms with E-state index >= 15 is 0 Å². The van der Waals surface area contributed by atoms with E-state index < -0.39 is 0 Å². The van der Waals surface area contributed by atoms with Gasteiger partial charge >= 0.3 is 0 Å². The van der Waals surface area contributed by atoms with E-state index in [1.165, 1.54) is 5.56 Å². The molecule has 0 amide bonds. The number of hydrogen-bond acceptors (Lipinski definition) is 3. The lowest BCUT2D eigenvalue weighted by Gasteiger charge is -2.12. The molecule has 3 N–H and O–H groups in total. The van der Waals surface area contributed by atoms with Crippen molar-refractivity contribution in [2.24, 2.45) is 0 Å². The lowest BCUT2D eigenvalue weighted by atomic mass is 10.2. The van der Waals surface area contributed by atoms with Crippen molar-refractivity contribution in [2.45, 2.75) is 13.3 Å². The fourth-order valence-corrected chi connectivity index (χ4v) is 1.44. The Morgan fingerprint density at radius 1 is 1.33 bits per heavy atom. The Kier molecular flexibility index (Phi) is 4.43. The van der Waals surface area contributed by atoms with Gasteiger partial charge in [0, 0.05) is 6.54 Å². The molecule has 0 spiro atoms. The van der Waals surface area contributed by atoms with Crippen molar-refractivity contribution in [3.8, 4) is 0 Å². The summed E-state index contributed by atoms with van der Waals surface area (Å²) >= 11 is 0. The van der Waals surface area contributed by atoms with Gasteiger partial charge < -0.3 is 16.0 Å². The summed E-state index contributed by atoms with van der Waals surface area (Å²) < 4.78 is 0. The van der Waals surface area contributed by atoms with Crippen LogP contribution in [0.3, 0.4) is 0 Å². The molecule has 0 heterocycles. The van der Waals surface area contributed by atoms with E-state index in [9.17, 15) is 0 Å². The Balaban J connectivity index is 2.40. The number of nitrogens with one attached hydrogen (secondary N) is 1. The zero-order chi connectivity index (χ0) is 11.3. The third-order valence-electron chi connectivity index (χ3n) is 2.31. The van der Waals surface area contributed by atoms with Gasteiger partial charge in [0.1, 0.15) is 0 Å². The first-order valence-corrected chi connectivity index (χ1v) is 5.34. The number of nitrogens with two attached hydrogens (primary N) is 1. The normalized spacial score (nSPS) is 10.7. The topological polar surface area (TPSA) is 41.3 Å². The maximum Gasteiger partial charge on any atom is 0.0576 e. The molecule has 1 aromatic carbocycles. The van der Waals surface area contributed by atoms with E-state index in [2.05, 4.69) is 37.3 Å². The molecule has 0 aromatic heterocycles. The smallest absolute Gasteiger partial charge is 0.0576 e. The first-order valence-electron chi connectivity index (χ1n) is 5.34. The molecule has 1 aromatic rings. The minimum absolute atomic E-state index is 0.824. The van der Waals surface area contributed by atoms with Crippen LogP contribution in [0.15, 0.2) is 18.2 Å². The number of anilines is 2. The Morgan fingerprint density at radius 3 is 2.73 bits per heavy atom. The molecule has 1 rings (SSSR count). The lowest BCUT2D eigenvalue weighted by Crippen LogP contribution is -2.16. The van der Waals surface area contributed by atoms with Crippen molar-refractivity contribution >= 4 is 11.4 Å². The minimum Gasteiger partial charge on any atom is -0.397 e. The van der Waals surface area contributed by atoms with Gasteiger partial charge in [-0.3, -0.25) is 0 Å². The molecule has 0 radical (unpaired) electrons. The van der Waals surface area contributed by atoms with Gasteiger partial charge in [0.15, 0.2) is 0 Å². The maximum atomic E-state index is 5.86. The van der Waals surface area contributed by atoms with Crippen molar-refractivity contribution in [3.05, 3.63) is 23.8 Å². The van der Waals surface area contributed by atoms with Gasteiger partial charge in [-0.15, -0.1) is 0 Å². The van der Waals surface area contributed by atoms with Gasteiger partial charge in [-0.05, 0) is 51.7 Å². The number of nitrogen functional groups attached to an aromatic ring is 1. The second kappa shape index (κ2) is 5.61. The van der Waals surface area contributed by atoms with Gasteiger partial charge in [-0.1, -0.05) is 6.07 Å². The number of benzene rings is 1. The van der Waals surface area contributed by atoms with E-state index in [1.54, 1.807) is 0 Å². The average Bonchev–Trinajstić information content (AvgIpc) is 2.17. The highest BCUT2D eigenvalue weighted by molar-refractivity contribution is 5.66. The summed E-state index contributed by atoms with van der Waals surface area (Å²) in [7, 11) is 4.17. The largest absolute Gasteiger partial charge is 0.397 e. The average molecular weight is 207 g/mol. The van der Waals surface area contributed by atoms with Crippen molar-refractivity contribution in [1.29, 1.82) is 0 Å². The molecule has 0 saturated carbocycles. The zero-order valence-electron chi connectivity index (χ0n) is 9.88. The molecule has 0 aliphatic carbocycles. The van der Waals surface area contributed by atoms with Crippen molar-refractivity contribution in [2.75, 3.05) is 38.2 Å². The van der Waals surface area contributed by atoms with Crippen LogP contribution in [-0.4, -0.2) is 32.1 Å². The highest BCUT2D eigenvalue weighted by atomic mass is 15.1. The summed E-state index contributed by atoms with van der Waals surface area (Å²) in [6.07, 6.45) is 1.13. The first kappa shape index (κ1) is 11.9. The highest BCUT2D eigenvalue weighted by Gasteiger charge is 1.98. The summed E-state index contributed by atoms with van der Waals surface area (Å²) in [5.41, 5.74) is 8.97. The molecule has 0 fully saturated rings. The van der Waals surface area contributed by atoms with E-state index in [-0.39, 0.29) is 0 Å². The summed E-state index contributed by atoms with van der Waals surface area (Å²) in [4.78, 5) is 2.18. The van der Waals surface area contributed by atoms with Crippen LogP contribution in [0.25, 0.3) is 0 Å². The second-order valence-electron chi connectivity index (χ2n) is 4.17. The van der Waals surface area contributed by atoms with Crippen LogP contribution >= 0.6 is 0 Å². The van der Waals surface area contributed by atoms with Crippen LogP contribution in [0.2, 0.25) is 0 Å². The summed E-state index contributed by atoms with van der Waals surface area (Å²) in [6.45, 7) is 4.13. The third kappa shape index (κ3) is 4.21. The Hall–Kier alpha value is -1.22. The minimum atomic E-state index is 0.824. The molecular weight excluding hydrogens is 186 g/mol. The molecule has 0 saturated heterocycles. The Bertz CT molecular complexity index is 308. The molecule has 3 nitrogen and oxygen atoms in total. The van der Waals surface area contributed by atoms with Crippen LogP contribution in [0.4, 0.5) is 11.4 Å². The van der Waals surface area contributed by atoms with E-state index in [1.807, 2.05) is 12.1 Å². The summed E-state index contributed by atoms with van der Waals surface area (Å²) in [5.74, 6) is 0. The number of nitrogens with zero attached hydrogens (tertiary/aromatic N) is 1. The van der Waals surface area contributed by atoms with Crippen LogP contribution in [-0.2, 0) is 0 Å². The SMILES string of the molecule is Cc1ccc(N)c(NCCCN(C)C)c1. The van der Waals surface area contributed by atoms with E-state index in [4.69, 9.17) is 5.73 Å². The van der Waals surface area contributed by atoms with Crippen LogP contribution in [0.1, 0.15) is 12.0 Å². The molecule has 3 heteroatoms. The van der Waals surface area contributed by atoms with Crippen molar-refractivity contribution < 1.29 is 0 Å². The Morgan fingerprint density at radius 2 is 2.07 bits per heavy atom.